The predicted octanol–water partition coefficient (Wildman–Crippen LogP) is 2.86. The molecule has 1 fully saturated rings. The molecular weight excluding hydrogens is 266 g/mol. The first-order chi connectivity index (χ1) is 9.03. The fourth-order valence-electron chi connectivity index (χ4n) is 2.47. The van der Waals surface area contributed by atoms with Gasteiger partial charge in [-0.05, 0) is 31.0 Å². The van der Waals surface area contributed by atoms with Crippen LogP contribution in [0.2, 0.25) is 5.02 Å². The van der Waals surface area contributed by atoms with E-state index < -0.39 is 11.5 Å². The molecule has 1 saturated carbocycles. The van der Waals surface area contributed by atoms with E-state index in [4.69, 9.17) is 11.6 Å². The van der Waals surface area contributed by atoms with Crippen LogP contribution in [-0.4, -0.2) is 22.5 Å². The molecule has 1 aliphatic rings. The van der Waals surface area contributed by atoms with Crippen molar-refractivity contribution >= 4 is 23.5 Å². The Balaban J connectivity index is 2.18. The molecular formula is C14H16ClNO3. The maximum atomic E-state index is 12.1. The highest BCUT2D eigenvalue weighted by Gasteiger charge is 2.41. The van der Waals surface area contributed by atoms with Gasteiger partial charge in [-0.15, -0.1) is 0 Å². The van der Waals surface area contributed by atoms with Gasteiger partial charge in [0.1, 0.15) is 5.54 Å². The van der Waals surface area contributed by atoms with Crippen molar-refractivity contribution in [2.24, 2.45) is 0 Å². The summed E-state index contributed by atoms with van der Waals surface area (Å²) in [7, 11) is 0. The van der Waals surface area contributed by atoms with Gasteiger partial charge in [-0.1, -0.05) is 36.9 Å². The molecule has 0 radical (unpaired) electrons. The third-order valence-electron chi connectivity index (χ3n) is 3.56. The zero-order valence-electron chi connectivity index (χ0n) is 10.5. The molecule has 2 N–H and O–H groups in total. The lowest BCUT2D eigenvalue weighted by molar-refractivity contribution is -0.145. The van der Waals surface area contributed by atoms with Gasteiger partial charge >= 0.3 is 5.97 Å². The molecule has 4 nitrogen and oxygen atoms in total. The standard InChI is InChI=1S/C14H16ClNO3/c15-11-6-4-5-10(9-11)12(17)16-14(13(18)19)7-2-1-3-8-14/h4-6,9H,1-3,7-8H2,(H,16,17)(H,18,19). The van der Waals surface area contributed by atoms with Gasteiger partial charge in [0.05, 0.1) is 0 Å². The number of carboxylic acids is 1. The molecule has 19 heavy (non-hydrogen) atoms. The number of hydrogen-bond donors (Lipinski definition) is 2. The number of carboxylic acid groups (broad SMARTS) is 1. The van der Waals surface area contributed by atoms with Gasteiger partial charge in [0.15, 0.2) is 0 Å². The third kappa shape index (κ3) is 3.07. The second-order valence-electron chi connectivity index (χ2n) is 4.91. The van der Waals surface area contributed by atoms with Crippen LogP contribution in [0.5, 0.6) is 0 Å². The van der Waals surface area contributed by atoms with Crippen LogP contribution in [-0.2, 0) is 4.79 Å². The zero-order chi connectivity index (χ0) is 13.9. The van der Waals surface area contributed by atoms with Crippen LogP contribution in [0.4, 0.5) is 0 Å². The van der Waals surface area contributed by atoms with E-state index in [-0.39, 0.29) is 5.91 Å². The smallest absolute Gasteiger partial charge is 0.329 e. The summed E-state index contributed by atoms with van der Waals surface area (Å²) < 4.78 is 0. The number of hydrogen-bond acceptors (Lipinski definition) is 2. The van der Waals surface area contributed by atoms with Crippen molar-refractivity contribution in [3.63, 3.8) is 0 Å². The van der Waals surface area contributed by atoms with E-state index in [0.29, 0.717) is 23.4 Å². The highest BCUT2D eigenvalue weighted by Crippen LogP contribution is 2.29. The minimum Gasteiger partial charge on any atom is -0.480 e. The summed E-state index contributed by atoms with van der Waals surface area (Å²) in [6, 6.07) is 6.51. The minimum atomic E-state index is -1.13. The number of halogens is 1. The topological polar surface area (TPSA) is 66.4 Å². The van der Waals surface area contributed by atoms with Crippen molar-refractivity contribution in [2.75, 3.05) is 0 Å². The minimum absolute atomic E-state index is 0.383. The lowest BCUT2D eigenvalue weighted by atomic mass is 9.81. The monoisotopic (exact) mass is 281 g/mol. The molecule has 5 heteroatoms. The van der Waals surface area contributed by atoms with E-state index in [9.17, 15) is 14.7 Å². The molecule has 0 spiro atoms. The summed E-state index contributed by atoms with van der Waals surface area (Å²) in [5, 5.41) is 12.5. The van der Waals surface area contributed by atoms with Crippen LogP contribution in [0, 0.1) is 0 Å². The number of aliphatic carboxylic acids is 1. The summed E-state index contributed by atoms with van der Waals surface area (Å²) >= 11 is 5.83. The van der Waals surface area contributed by atoms with Gasteiger partial charge in [0, 0.05) is 10.6 Å². The maximum absolute atomic E-state index is 12.1. The summed E-state index contributed by atoms with van der Waals surface area (Å²) in [5.41, 5.74) is -0.740. The Morgan fingerprint density at radius 2 is 1.89 bits per heavy atom. The van der Waals surface area contributed by atoms with Gasteiger partial charge in [-0.3, -0.25) is 4.79 Å². The average molecular weight is 282 g/mol. The first kappa shape index (κ1) is 13.9. The van der Waals surface area contributed by atoms with Crippen LogP contribution >= 0.6 is 11.6 Å². The van der Waals surface area contributed by atoms with E-state index in [2.05, 4.69) is 5.32 Å². The Labute approximate surface area is 116 Å². The zero-order valence-corrected chi connectivity index (χ0v) is 11.2. The quantitative estimate of drug-likeness (QED) is 0.895. The SMILES string of the molecule is O=C(NC1(C(=O)O)CCCCC1)c1cccc(Cl)c1. The van der Waals surface area contributed by atoms with Crippen molar-refractivity contribution in [1.29, 1.82) is 0 Å². The fourth-order valence-corrected chi connectivity index (χ4v) is 2.66. The Morgan fingerprint density at radius 3 is 2.47 bits per heavy atom. The second kappa shape index (κ2) is 5.61. The number of amides is 1. The first-order valence-corrected chi connectivity index (χ1v) is 6.73. The Bertz CT molecular complexity index is 495. The largest absolute Gasteiger partial charge is 0.480 e. The number of benzene rings is 1. The molecule has 102 valence electrons. The molecule has 1 amide bonds. The Kier molecular flexibility index (Phi) is 4.10. The van der Waals surface area contributed by atoms with Gasteiger partial charge in [0.2, 0.25) is 0 Å². The maximum Gasteiger partial charge on any atom is 0.329 e. The molecule has 1 aliphatic carbocycles. The Hall–Kier alpha value is -1.55. The third-order valence-corrected chi connectivity index (χ3v) is 3.79. The van der Waals surface area contributed by atoms with Crippen LogP contribution < -0.4 is 5.32 Å². The second-order valence-corrected chi connectivity index (χ2v) is 5.35. The van der Waals surface area contributed by atoms with Gasteiger partial charge < -0.3 is 10.4 Å². The number of nitrogens with one attached hydrogen (secondary N) is 1. The summed E-state index contributed by atoms with van der Waals surface area (Å²) in [4.78, 5) is 23.6. The van der Waals surface area contributed by atoms with Crippen molar-refractivity contribution in [1.82, 2.24) is 5.32 Å². The van der Waals surface area contributed by atoms with Crippen LogP contribution in [0.25, 0.3) is 0 Å². The summed E-state index contributed by atoms with van der Waals surface area (Å²) in [5.74, 6) is -1.34. The normalized spacial score (nSPS) is 17.7. The fraction of sp³-hybridized carbons (Fsp3) is 0.429. The first-order valence-electron chi connectivity index (χ1n) is 6.35. The van der Waals surface area contributed by atoms with Crippen LogP contribution in [0.1, 0.15) is 42.5 Å². The summed E-state index contributed by atoms with van der Waals surface area (Å²) in [6.07, 6.45) is 3.62. The van der Waals surface area contributed by atoms with Gasteiger partial charge in [-0.2, -0.15) is 0 Å². The molecule has 1 aromatic rings. The molecule has 0 aromatic heterocycles. The lowest BCUT2D eigenvalue weighted by Gasteiger charge is -2.34. The highest BCUT2D eigenvalue weighted by molar-refractivity contribution is 6.31. The van der Waals surface area contributed by atoms with E-state index in [1.54, 1.807) is 18.2 Å². The molecule has 0 saturated heterocycles. The van der Waals surface area contributed by atoms with Crippen molar-refractivity contribution in [3.05, 3.63) is 34.9 Å². The molecule has 1 aromatic carbocycles. The van der Waals surface area contributed by atoms with E-state index in [1.807, 2.05) is 0 Å². The Morgan fingerprint density at radius 1 is 1.21 bits per heavy atom. The highest BCUT2D eigenvalue weighted by atomic mass is 35.5. The predicted molar refractivity (Wildman–Crippen MR) is 72.4 cm³/mol. The molecule has 0 aliphatic heterocycles. The molecule has 0 heterocycles. The number of carbonyl (C=O) groups excluding carboxylic acids is 1. The summed E-state index contributed by atoms with van der Waals surface area (Å²) in [6.45, 7) is 0. The van der Waals surface area contributed by atoms with Crippen molar-refractivity contribution in [2.45, 2.75) is 37.6 Å². The molecule has 0 atom stereocenters. The molecule has 0 bridgehead atoms. The van der Waals surface area contributed by atoms with E-state index in [1.165, 1.54) is 6.07 Å². The van der Waals surface area contributed by atoms with E-state index >= 15 is 0 Å². The van der Waals surface area contributed by atoms with Crippen molar-refractivity contribution in [3.8, 4) is 0 Å². The van der Waals surface area contributed by atoms with Crippen molar-refractivity contribution < 1.29 is 14.7 Å². The average Bonchev–Trinajstić information content (AvgIpc) is 2.39. The molecule has 2 rings (SSSR count). The lowest BCUT2D eigenvalue weighted by Crippen LogP contribution is -2.55. The molecule has 0 unspecified atom stereocenters. The van der Waals surface area contributed by atoms with Crippen LogP contribution in [0.3, 0.4) is 0 Å². The van der Waals surface area contributed by atoms with E-state index in [0.717, 1.165) is 19.3 Å². The van der Waals surface area contributed by atoms with Crippen LogP contribution in [0.15, 0.2) is 24.3 Å². The number of rotatable bonds is 3. The number of carbonyl (C=O) groups is 2. The van der Waals surface area contributed by atoms with Gasteiger partial charge in [-0.25, -0.2) is 4.79 Å². The van der Waals surface area contributed by atoms with Gasteiger partial charge in [0.25, 0.3) is 5.91 Å².